The molecule has 0 aromatic rings. The summed E-state index contributed by atoms with van der Waals surface area (Å²) in [6.45, 7) is 5.47. The molecule has 216 valence electrons. The van der Waals surface area contributed by atoms with Gasteiger partial charge in [-0.2, -0.15) is 0 Å². The molecule has 16 heteroatoms. The molecular weight excluding hydrogens is 670 g/mol. The first-order chi connectivity index (χ1) is 17.7. The molecule has 2 saturated heterocycles. The summed E-state index contributed by atoms with van der Waals surface area (Å²) in [5, 5.41) is 0. The Bertz CT molecular complexity index is 904. The lowest BCUT2D eigenvalue weighted by Crippen LogP contribution is -2.63. The van der Waals surface area contributed by atoms with Crippen LogP contribution in [0.25, 0.3) is 0 Å². The Morgan fingerprint density at radius 1 is 0.763 bits per heavy atom. The monoisotopic (exact) mass is 698 g/mol. The van der Waals surface area contributed by atoms with E-state index in [9.17, 15) is 24.0 Å². The van der Waals surface area contributed by atoms with Gasteiger partial charge in [0.15, 0.2) is 24.4 Å². The SMILES string of the molecule is CC(=O)OCC1OC(OC2(CCl)OC(CCl)C(OC(C)=O)C2OC(C)=O)C(OC(C)=O)C(OC(C)=O)C1I. The predicted molar refractivity (Wildman–Crippen MR) is 135 cm³/mol. The third-order valence-electron chi connectivity index (χ3n) is 5.32. The number of carbonyl (C=O) groups excluding carboxylic acids is 5. The summed E-state index contributed by atoms with van der Waals surface area (Å²) in [6, 6.07) is 0. The summed E-state index contributed by atoms with van der Waals surface area (Å²) >= 11 is 14.2. The number of hydrogen-bond acceptors (Lipinski definition) is 13. The van der Waals surface area contributed by atoms with Gasteiger partial charge < -0.3 is 37.9 Å². The summed E-state index contributed by atoms with van der Waals surface area (Å²) in [4.78, 5) is 59.2. The molecule has 38 heavy (non-hydrogen) atoms. The molecule has 2 rings (SSSR count). The van der Waals surface area contributed by atoms with Crippen LogP contribution in [-0.4, -0.2) is 101 Å². The normalized spacial score (nSPS) is 34.6. The molecule has 2 fully saturated rings. The molecule has 2 aliphatic heterocycles. The van der Waals surface area contributed by atoms with E-state index in [2.05, 4.69) is 0 Å². The van der Waals surface area contributed by atoms with Crippen LogP contribution in [0, 0.1) is 0 Å². The maximum Gasteiger partial charge on any atom is 0.303 e. The fourth-order valence-corrected chi connectivity index (χ4v) is 5.44. The number of halogens is 3. The van der Waals surface area contributed by atoms with E-state index in [-0.39, 0.29) is 12.5 Å². The Morgan fingerprint density at radius 2 is 1.29 bits per heavy atom. The molecule has 2 heterocycles. The fraction of sp³-hybridized carbons (Fsp3) is 0.773. The topological polar surface area (TPSA) is 159 Å². The summed E-state index contributed by atoms with van der Waals surface area (Å²) in [6.07, 6.45) is -8.66. The quantitative estimate of drug-likeness (QED) is 0.140. The van der Waals surface area contributed by atoms with Crippen LogP contribution in [0.4, 0.5) is 0 Å². The minimum atomic E-state index is -2.03. The van der Waals surface area contributed by atoms with Crippen molar-refractivity contribution in [3.05, 3.63) is 0 Å². The van der Waals surface area contributed by atoms with Crippen LogP contribution in [0.15, 0.2) is 0 Å². The molecule has 0 spiro atoms. The standard InChI is InChI=1S/C22H29Cl2IO13/c1-9(26)31-7-15-16(25)18(33-11(3)28)19(34-12(4)29)21(36-15)38-22(8-24)20(35-13(5)30)17(32-10(2)27)14(6-23)37-22/h14-21H,6-8H2,1-5H3. The zero-order valence-corrected chi connectivity index (χ0v) is 24.9. The van der Waals surface area contributed by atoms with Crippen molar-refractivity contribution in [3.8, 4) is 0 Å². The molecule has 0 saturated carbocycles. The van der Waals surface area contributed by atoms with Gasteiger partial charge in [-0.3, -0.25) is 24.0 Å². The zero-order chi connectivity index (χ0) is 28.8. The van der Waals surface area contributed by atoms with Crippen LogP contribution in [-0.2, 0) is 61.9 Å². The van der Waals surface area contributed by atoms with E-state index in [0.717, 1.165) is 27.7 Å². The molecule has 13 nitrogen and oxygen atoms in total. The van der Waals surface area contributed by atoms with Crippen LogP contribution < -0.4 is 0 Å². The van der Waals surface area contributed by atoms with E-state index >= 15 is 0 Å². The van der Waals surface area contributed by atoms with Gasteiger partial charge in [-0.25, -0.2) is 0 Å². The smallest absolute Gasteiger partial charge is 0.303 e. The van der Waals surface area contributed by atoms with Gasteiger partial charge in [-0.1, -0.05) is 22.6 Å². The largest absolute Gasteiger partial charge is 0.463 e. The van der Waals surface area contributed by atoms with Gasteiger partial charge in [0.2, 0.25) is 12.1 Å². The van der Waals surface area contributed by atoms with Gasteiger partial charge in [-0.15, -0.1) is 23.2 Å². The summed E-state index contributed by atoms with van der Waals surface area (Å²) in [5.74, 6) is -6.27. The van der Waals surface area contributed by atoms with E-state index in [1.807, 2.05) is 22.6 Å². The van der Waals surface area contributed by atoms with Gasteiger partial charge in [0.05, 0.1) is 15.7 Å². The van der Waals surface area contributed by atoms with Gasteiger partial charge in [0.25, 0.3) is 0 Å². The Hall–Kier alpha value is -1.46. The predicted octanol–water partition coefficient (Wildman–Crippen LogP) is 1.39. The Kier molecular flexibility index (Phi) is 12.3. The van der Waals surface area contributed by atoms with Crippen molar-refractivity contribution in [1.82, 2.24) is 0 Å². The van der Waals surface area contributed by atoms with Crippen molar-refractivity contribution in [2.24, 2.45) is 0 Å². The van der Waals surface area contributed by atoms with Crippen molar-refractivity contribution >= 4 is 75.6 Å². The van der Waals surface area contributed by atoms with Gasteiger partial charge in [0.1, 0.15) is 18.8 Å². The van der Waals surface area contributed by atoms with E-state index in [1.165, 1.54) is 6.92 Å². The molecule has 0 N–H and O–H groups in total. The number of ether oxygens (including phenoxy) is 8. The first kappa shape index (κ1) is 32.8. The lowest BCUT2D eigenvalue weighted by atomic mass is 10.0. The van der Waals surface area contributed by atoms with Crippen molar-refractivity contribution < 1.29 is 61.9 Å². The lowest BCUT2D eigenvalue weighted by molar-refractivity contribution is -0.357. The second-order valence-corrected chi connectivity index (χ2v) is 10.4. The molecule has 0 aliphatic carbocycles. The van der Waals surface area contributed by atoms with Crippen LogP contribution in [0.1, 0.15) is 34.6 Å². The van der Waals surface area contributed by atoms with Crippen LogP contribution in [0.5, 0.6) is 0 Å². The second-order valence-electron chi connectivity index (χ2n) is 8.42. The van der Waals surface area contributed by atoms with E-state index in [4.69, 9.17) is 61.1 Å². The van der Waals surface area contributed by atoms with Crippen LogP contribution in [0.2, 0.25) is 0 Å². The van der Waals surface area contributed by atoms with E-state index < -0.39 is 88.4 Å². The third-order valence-corrected chi connectivity index (χ3v) is 7.51. The molecule has 9 atom stereocenters. The first-order valence-electron chi connectivity index (χ1n) is 11.3. The number of hydrogen-bond donors (Lipinski definition) is 0. The average Bonchev–Trinajstić information content (AvgIpc) is 3.08. The van der Waals surface area contributed by atoms with E-state index in [1.54, 1.807) is 0 Å². The molecule has 0 aromatic carbocycles. The Balaban J connectivity index is 2.55. The minimum Gasteiger partial charge on any atom is -0.463 e. The van der Waals surface area contributed by atoms with Gasteiger partial charge in [-0.05, 0) is 0 Å². The molecule has 0 radical (unpaired) electrons. The molecule has 0 amide bonds. The molecule has 9 unspecified atom stereocenters. The Morgan fingerprint density at radius 3 is 1.76 bits per heavy atom. The molecular formula is C22H29Cl2IO13. The maximum absolute atomic E-state index is 12.0. The average molecular weight is 699 g/mol. The first-order valence-corrected chi connectivity index (χ1v) is 13.6. The van der Waals surface area contributed by atoms with Crippen molar-refractivity contribution in [2.45, 2.75) is 87.2 Å². The summed E-state index contributed by atoms with van der Waals surface area (Å²) < 4.78 is 44.1. The highest BCUT2D eigenvalue weighted by atomic mass is 127. The molecule has 0 bridgehead atoms. The Labute approximate surface area is 242 Å². The fourth-order valence-electron chi connectivity index (χ4n) is 3.99. The highest BCUT2D eigenvalue weighted by Gasteiger charge is 2.63. The molecule has 0 aromatic heterocycles. The van der Waals surface area contributed by atoms with E-state index in [0.29, 0.717) is 0 Å². The van der Waals surface area contributed by atoms with Crippen LogP contribution in [0.3, 0.4) is 0 Å². The number of esters is 5. The van der Waals surface area contributed by atoms with Gasteiger partial charge in [0, 0.05) is 34.6 Å². The molecule has 2 aliphatic rings. The van der Waals surface area contributed by atoms with Crippen molar-refractivity contribution in [1.29, 1.82) is 0 Å². The highest BCUT2D eigenvalue weighted by Crippen LogP contribution is 2.42. The summed E-state index contributed by atoms with van der Waals surface area (Å²) in [7, 11) is 0. The van der Waals surface area contributed by atoms with Crippen molar-refractivity contribution in [3.63, 3.8) is 0 Å². The lowest BCUT2D eigenvalue weighted by Gasteiger charge is -2.45. The second kappa shape index (κ2) is 14.3. The van der Waals surface area contributed by atoms with Crippen molar-refractivity contribution in [2.75, 3.05) is 18.4 Å². The number of carbonyl (C=O) groups is 5. The number of alkyl halides is 3. The highest BCUT2D eigenvalue weighted by molar-refractivity contribution is 14.1. The van der Waals surface area contributed by atoms with Gasteiger partial charge >= 0.3 is 29.8 Å². The van der Waals surface area contributed by atoms with Crippen LogP contribution >= 0.6 is 45.8 Å². The number of rotatable bonds is 10. The maximum atomic E-state index is 12.0. The minimum absolute atomic E-state index is 0.211. The third kappa shape index (κ3) is 8.27. The zero-order valence-electron chi connectivity index (χ0n) is 21.2. The summed E-state index contributed by atoms with van der Waals surface area (Å²) in [5.41, 5.74) is 0.